The largest absolute Gasteiger partial charge is 0.313 e. The van der Waals surface area contributed by atoms with E-state index in [0.29, 0.717) is 6.04 Å². The predicted molar refractivity (Wildman–Crippen MR) is 98.2 cm³/mol. The Kier molecular flexibility index (Phi) is 9.62. The molecule has 0 heterocycles. The quantitative estimate of drug-likeness (QED) is 0.512. The minimum absolute atomic E-state index is 0.528. The van der Waals surface area contributed by atoms with Crippen LogP contribution in [0.4, 0.5) is 0 Å². The number of hydrogen-bond acceptors (Lipinski definition) is 1. The molecule has 0 fully saturated rings. The predicted octanol–water partition coefficient (Wildman–Crippen LogP) is 6.23. The second kappa shape index (κ2) is 10.6. The lowest BCUT2D eigenvalue weighted by Crippen LogP contribution is -2.38. The number of nitrogens with one attached hydrogen (secondary N) is 1. The molecule has 1 nitrogen and oxygen atoms in total. The van der Waals surface area contributed by atoms with Gasteiger partial charge in [-0.2, -0.15) is 0 Å². The van der Waals surface area contributed by atoms with Crippen molar-refractivity contribution in [2.75, 3.05) is 6.54 Å². The van der Waals surface area contributed by atoms with Gasteiger partial charge in [0.25, 0.3) is 0 Å². The van der Waals surface area contributed by atoms with Crippen LogP contribution < -0.4 is 5.32 Å². The number of unbranched alkanes of at least 4 members (excludes halogenated alkanes) is 1. The highest BCUT2D eigenvalue weighted by atomic mass is 79.9. The molecule has 0 aliphatic heterocycles. The molecule has 1 aromatic rings. The maximum absolute atomic E-state index is 6.40. The molecule has 1 rings (SSSR count). The summed E-state index contributed by atoms with van der Waals surface area (Å²) >= 11 is 9.88. The van der Waals surface area contributed by atoms with Crippen LogP contribution in [0.25, 0.3) is 0 Å². The van der Waals surface area contributed by atoms with Crippen LogP contribution in [0.3, 0.4) is 0 Å². The first-order valence-electron chi connectivity index (χ1n) is 8.29. The lowest BCUT2D eigenvalue weighted by molar-refractivity contribution is 0.315. The first-order chi connectivity index (χ1) is 10.1. The topological polar surface area (TPSA) is 12.0 Å². The number of halogens is 2. The summed E-state index contributed by atoms with van der Waals surface area (Å²) in [5.41, 5.74) is 1.25. The first kappa shape index (κ1) is 19.0. The van der Waals surface area contributed by atoms with E-state index in [1.165, 1.54) is 37.7 Å². The molecule has 0 aliphatic carbocycles. The zero-order valence-corrected chi connectivity index (χ0v) is 15.9. The molecule has 3 heteroatoms. The van der Waals surface area contributed by atoms with E-state index in [0.717, 1.165) is 28.4 Å². The minimum atomic E-state index is 0.528. The van der Waals surface area contributed by atoms with Crippen molar-refractivity contribution in [3.8, 4) is 0 Å². The lowest BCUT2D eigenvalue weighted by Gasteiger charge is -2.28. The molecule has 0 spiro atoms. The van der Waals surface area contributed by atoms with Crippen LogP contribution in [0.5, 0.6) is 0 Å². The van der Waals surface area contributed by atoms with Crippen molar-refractivity contribution < 1.29 is 0 Å². The summed E-state index contributed by atoms with van der Waals surface area (Å²) in [5.74, 6) is 0.733. The Bertz CT molecular complexity index is 408. The molecule has 0 aliphatic rings. The van der Waals surface area contributed by atoms with Crippen LogP contribution in [-0.2, 0) is 6.42 Å². The van der Waals surface area contributed by atoms with Gasteiger partial charge >= 0.3 is 0 Å². The number of benzene rings is 1. The second-order valence-corrected chi connectivity index (χ2v) is 7.13. The highest BCUT2D eigenvalue weighted by Gasteiger charge is 2.20. The molecule has 1 aromatic carbocycles. The fourth-order valence-corrected chi connectivity index (χ4v) is 3.57. The van der Waals surface area contributed by atoms with E-state index in [1.807, 2.05) is 6.07 Å². The maximum Gasteiger partial charge on any atom is 0.0449 e. The van der Waals surface area contributed by atoms with Crippen molar-refractivity contribution in [3.05, 3.63) is 33.3 Å². The summed E-state index contributed by atoms with van der Waals surface area (Å²) in [5, 5.41) is 4.62. The van der Waals surface area contributed by atoms with E-state index in [9.17, 15) is 0 Å². The van der Waals surface area contributed by atoms with Gasteiger partial charge in [0.1, 0.15) is 0 Å². The van der Waals surface area contributed by atoms with Crippen LogP contribution in [0.15, 0.2) is 22.7 Å². The fourth-order valence-electron chi connectivity index (χ4n) is 2.82. The Labute approximate surface area is 144 Å². The minimum Gasteiger partial charge on any atom is -0.313 e. The summed E-state index contributed by atoms with van der Waals surface area (Å²) < 4.78 is 1.05. The highest BCUT2D eigenvalue weighted by Crippen LogP contribution is 2.26. The molecule has 0 aromatic heterocycles. The van der Waals surface area contributed by atoms with Gasteiger partial charge in [-0.15, -0.1) is 0 Å². The molecule has 21 heavy (non-hydrogen) atoms. The molecule has 0 amide bonds. The standard InChI is InChI=1S/C18H29BrClN/c1-4-7-8-14(6-3)18(21-11-5-2)12-15-9-10-16(19)13-17(15)20/h9-10,13-14,18,21H,4-8,11-12H2,1-3H3. The van der Waals surface area contributed by atoms with E-state index in [-0.39, 0.29) is 0 Å². The van der Waals surface area contributed by atoms with Crippen molar-refractivity contribution in [2.24, 2.45) is 5.92 Å². The zero-order chi connectivity index (χ0) is 15.7. The van der Waals surface area contributed by atoms with Crippen LogP contribution >= 0.6 is 27.5 Å². The maximum atomic E-state index is 6.40. The Morgan fingerprint density at radius 3 is 2.52 bits per heavy atom. The van der Waals surface area contributed by atoms with Gasteiger partial charge in [0.15, 0.2) is 0 Å². The van der Waals surface area contributed by atoms with Crippen molar-refractivity contribution in [1.82, 2.24) is 5.32 Å². The van der Waals surface area contributed by atoms with Crippen molar-refractivity contribution in [1.29, 1.82) is 0 Å². The van der Waals surface area contributed by atoms with Gasteiger partial charge in [-0.05, 0) is 49.4 Å². The third kappa shape index (κ3) is 6.71. The Balaban J connectivity index is 2.79. The molecule has 120 valence electrons. The SMILES string of the molecule is CCCCC(CC)C(Cc1ccc(Br)cc1Cl)NCCC. The highest BCUT2D eigenvalue weighted by molar-refractivity contribution is 9.10. The summed E-state index contributed by atoms with van der Waals surface area (Å²) in [6.45, 7) is 7.89. The molecular weight excluding hydrogens is 346 g/mol. The van der Waals surface area contributed by atoms with Crippen LogP contribution in [0.1, 0.15) is 58.4 Å². The van der Waals surface area contributed by atoms with Crippen molar-refractivity contribution in [3.63, 3.8) is 0 Å². The molecule has 2 unspecified atom stereocenters. The van der Waals surface area contributed by atoms with E-state index < -0.39 is 0 Å². The van der Waals surface area contributed by atoms with Crippen LogP contribution in [-0.4, -0.2) is 12.6 Å². The third-order valence-electron chi connectivity index (χ3n) is 4.13. The van der Waals surface area contributed by atoms with Crippen molar-refractivity contribution in [2.45, 2.75) is 65.3 Å². The lowest BCUT2D eigenvalue weighted by atomic mass is 9.87. The third-order valence-corrected chi connectivity index (χ3v) is 4.98. The molecule has 2 atom stereocenters. The van der Waals surface area contributed by atoms with E-state index in [4.69, 9.17) is 11.6 Å². The Morgan fingerprint density at radius 1 is 1.19 bits per heavy atom. The van der Waals surface area contributed by atoms with Gasteiger partial charge in [0.05, 0.1) is 0 Å². The first-order valence-corrected chi connectivity index (χ1v) is 9.46. The normalized spacial score (nSPS) is 14.1. The van der Waals surface area contributed by atoms with Gasteiger partial charge in [-0.1, -0.05) is 73.6 Å². The Morgan fingerprint density at radius 2 is 1.95 bits per heavy atom. The molecule has 0 radical (unpaired) electrons. The van der Waals surface area contributed by atoms with E-state index in [2.05, 4.69) is 54.2 Å². The average molecular weight is 375 g/mol. The van der Waals surface area contributed by atoms with Crippen LogP contribution in [0, 0.1) is 5.92 Å². The summed E-state index contributed by atoms with van der Waals surface area (Å²) in [6, 6.07) is 6.77. The summed E-state index contributed by atoms with van der Waals surface area (Å²) in [4.78, 5) is 0. The number of hydrogen-bond donors (Lipinski definition) is 1. The molecular formula is C18H29BrClN. The van der Waals surface area contributed by atoms with Gasteiger partial charge in [-0.25, -0.2) is 0 Å². The Hall–Kier alpha value is -0.0500. The fraction of sp³-hybridized carbons (Fsp3) is 0.667. The van der Waals surface area contributed by atoms with Gasteiger partial charge in [0.2, 0.25) is 0 Å². The molecule has 0 saturated carbocycles. The molecule has 1 N–H and O–H groups in total. The molecule has 0 bridgehead atoms. The van der Waals surface area contributed by atoms with E-state index in [1.54, 1.807) is 0 Å². The van der Waals surface area contributed by atoms with Gasteiger partial charge < -0.3 is 5.32 Å². The monoisotopic (exact) mass is 373 g/mol. The second-order valence-electron chi connectivity index (χ2n) is 5.81. The summed E-state index contributed by atoms with van der Waals surface area (Å²) in [7, 11) is 0. The van der Waals surface area contributed by atoms with E-state index >= 15 is 0 Å². The molecule has 0 saturated heterocycles. The smallest absolute Gasteiger partial charge is 0.0449 e. The van der Waals surface area contributed by atoms with Gasteiger partial charge in [-0.3, -0.25) is 0 Å². The van der Waals surface area contributed by atoms with Gasteiger partial charge in [0, 0.05) is 15.5 Å². The summed E-state index contributed by atoms with van der Waals surface area (Å²) in [6.07, 6.45) is 7.33. The zero-order valence-electron chi connectivity index (χ0n) is 13.6. The van der Waals surface area contributed by atoms with Crippen molar-refractivity contribution >= 4 is 27.5 Å². The number of rotatable bonds is 10. The van der Waals surface area contributed by atoms with Crippen LogP contribution in [0.2, 0.25) is 5.02 Å². The average Bonchev–Trinajstić information content (AvgIpc) is 2.47.